The maximum Gasteiger partial charge on any atom is 0.407 e. The minimum absolute atomic E-state index is 0.194. The zero-order valence-electron chi connectivity index (χ0n) is 9.06. The highest BCUT2D eigenvalue weighted by Crippen LogP contribution is 2.34. The molecule has 0 bridgehead atoms. The van der Waals surface area contributed by atoms with E-state index in [1.54, 1.807) is 0 Å². The second-order valence-electron chi connectivity index (χ2n) is 4.41. The van der Waals surface area contributed by atoms with Crippen molar-refractivity contribution in [2.45, 2.75) is 31.3 Å². The van der Waals surface area contributed by atoms with Gasteiger partial charge in [-0.1, -0.05) is 5.16 Å². The summed E-state index contributed by atoms with van der Waals surface area (Å²) in [5.74, 6) is 0. The van der Waals surface area contributed by atoms with Gasteiger partial charge in [0.25, 0.3) is 0 Å². The zero-order valence-corrected chi connectivity index (χ0v) is 9.06. The Morgan fingerprint density at radius 3 is 2.50 bits per heavy atom. The van der Waals surface area contributed by atoms with Gasteiger partial charge in [0.2, 0.25) is 0 Å². The molecule has 1 amide bonds. The summed E-state index contributed by atoms with van der Waals surface area (Å²) in [7, 11) is 0. The molecular formula is C10H16N2O4. The summed E-state index contributed by atoms with van der Waals surface area (Å²) < 4.78 is 5.73. The van der Waals surface area contributed by atoms with E-state index >= 15 is 0 Å². The number of rotatable bonds is 0. The average Bonchev–Trinajstić information content (AvgIpc) is 2.31. The number of amides is 1. The van der Waals surface area contributed by atoms with E-state index < -0.39 is 6.09 Å². The number of likely N-dealkylation sites (tertiary alicyclic amines) is 1. The van der Waals surface area contributed by atoms with Gasteiger partial charge in [-0.05, 0) is 25.7 Å². The number of hydrogen-bond acceptors (Lipinski definition) is 4. The zero-order chi connectivity index (χ0) is 11.6. The van der Waals surface area contributed by atoms with Crippen molar-refractivity contribution in [1.29, 1.82) is 0 Å². The maximum atomic E-state index is 10.8. The summed E-state index contributed by atoms with van der Waals surface area (Å²) in [5, 5.41) is 20.6. The molecule has 2 saturated heterocycles. The largest absolute Gasteiger partial charge is 0.465 e. The molecule has 0 aromatic rings. The Kier molecular flexibility index (Phi) is 3.00. The van der Waals surface area contributed by atoms with E-state index in [2.05, 4.69) is 5.16 Å². The molecule has 0 saturated carbocycles. The molecular weight excluding hydrogens is 212 g/mol. The van der Waals surface area contributed by atoms with Gasteiger partial charge in [0, 0.05) is 13.1 Å². The van der Waals surface area contributed by atoms with Crippen LogP contribution in [0.4, 0.5) is 4.79 Å². The second-order valence-corrected chi connectivity index (χ2v) is 4.41. The van der Waals surface area contributed by atoms with Gasteiger partial charge >= 0.3 is 6.09 Å². The van der Waals surface area contributed by atoms with Crippen LogP contribution in [-0.2, 0) is 4.74 Å². The van der Waals surface area contributed by atoms with Crippen LogP contribution in [0.1, 0.15) is 25.7 Å². The highest BCUT2D eigenvalue weighted by Gasteiger charge is 2.39. The molecule has 0 atom stereocenters. The lowest BCUT2D eigenvalue weighted by molar-refractivity contribution is -0.0795. The van der Waals surface area contributed by atoms with Crippen molar-refractivity contribution in [1.82, 2.24) is 4.90 Å². The lowest BCUT2D eigenvalue weighted by atomic mass is 9.84. The van der Waals surface area contributed by atoms with Gasteiger partial charge in [0.1, 0.15) is 0 Å². The Morgan fingerprint density at radius 2 is 2.06 bits per heavy atom. The van der Waals surface area contributed by atoms with Gasteiger partial charge in [-0.15, -0.1) is 0 Å². The third kappa shape index (κ3) is 2.11. The van der Waals surface area contributed by atoms with Crippen LogP contribution in [0.25, 0.3) is 0 Å². The number of ether oxygens (including phenoxy) is 1. The summed E-state index contributed by atoms with van der Waals surface area (Å²) in [5.41, 5.74) is 0.478. The molecule has 0 aromatic carbocycles. The molecule has 2 fully saturated rings. The molecule has 0 unspecified atom stereocenters. The lowest BCUT2D eigenvalue weighted by Crippen LogP contribution is -2.50. The Hall–Kier alpha value is -1.30. The predicted octanol–water partition coefficient (Wildman–Crippen LogP) is 1.14. The highest BCUT2D eigenvalue weighted by atomic mass is 16.5. The van der Waals surface area contributed by atoms with E-state index in [1.807, 2.05) is 0 Å². The molecule has 6 heteroatoms. The summed E-state index contributed by atoms with van der Waals surface area (Å²) in [4.78, 5) is 12.2. The maximum absolute atomic E-state index is 10.8. The summed E-state index contributed by atoms with van der Waals surface area (Å²) in [6, 6.07) is 0. The molecule has 16 heavy (non-hydrogen) atoms. The van der Waals surface area contributed by atoms with E-state index in [1.165, 1.54) is 4.90 Å². The van der Waals surface area contributed by atoms with Crippen LogP contribution in [0, 0.1) is 0 Å². The monoisotopic (exact) mass is 228 g/mol. The standard InChI is InChI=1S/C10H16N2O4/c13-9(14)12-5-3-10(4-6-12)2-1-8(11-15)7-16-10/h15H,1-7H2,(H,13,14)/b11-8-. The first-order chi connectivity index (χ1) is 7.65. The van der Waals surface area contributed by atoms with Crippen molar-refractivity contribution in [2.24, 2.45) is 5.16 Å². The smallest absolute Gasteiger partial charge is 0.407 e. The first-order valence-corrected chi connectivity index (χ1v) is 5.47. The molecule has 2 heterocycles. The number of carboxylic acid groups (broad SMARTS) is 1. The number of piperidine rings is 1. The molecule has 0 aliphatic carbocycles. The van der Waals surface area contributed by atoms with Crippen molar-refractivity contribution in [3.05, 3.63) is 0 Å². The average molecular weight is 228 g/mol. The van der Waals surface area contributed by atoms with Gasteiger partial charge in [-0.25, -0.2) is 4.79 Å². The van der Waals surface area contributed by atoms with Crippen LogP contribution in [0.15, 0.2) is 5.16 Å². The normalized spacial score (nSPS) is 27.2. The van der Waals surface area contributed by atoms with E-state index in [0.717, 1.165) is 25.7 Å². The van der Waals surface area contributed by atoms with Gasteiger partial charge in [-0.2, -0.15) is 0 Å². The SMILES string of the molecule is O=C(O)N1CCC2(CC/C(=N/O)CO2)CC1. The molecule has 2 rings (SSSR count). The Balaban J connectivity index is 1.91. The Labute approximate surface area is 93.5 Å². The highest BCUT2D eigenvalue weighted by molar-refractivity contribution is 5.85. The van der Waals surface area contributed by atoms with Crippen molar-refractivity contribution in [3.8, 4) is 0 Å². The molecule has 6 nitrogen and oxygen atoms in total. The number of oxime groups is 1. The Morgan fingerprint density at radius 1 is 1.38 bits per heavy atom. The van der Waals surface area contributed by atoms with Gasteiger partial charge in [-0.3, -0.25) is 0 Å². The van der Waals surface area contributed by atoms with Crippen molar-refractivity contribution >= 4 is 11.8 Å². The van der Waals surface area contributed by atoms with Gasteiger partial charge in [0.05, 0.1) is 17.9 Å². The molecule has 0 radical (unpaired) electrons. The van der Waals surface area contributed by atoms with E-state index in [9.17, 15) is 4.79 Å². The van der Waals surface area contributed by atoms with Crippen molar-refractivity contribution < 1.29 is 19.8 Å². The summed E-state index contributed by atoms with van der Waals surface area (Å²) in [6.45, 7) is 1.42. The third-order valence-corrected chi connectivity index (χ3v) is 3.50. The van der Waals surface area contributed by atoms with Crippen LogP contribution in [-0.4, -0.2) is 52.3 Å². The number of carbonyl (C=O) groups is 1. The van der Waals surface area contributed by atoms with Crippen LogP contribution in [0.3, 0.4) is 0 Å². The minimum atomic E-state index is -0.858. The van der Waals surface area contributed by atoms with E-state index in [4.69, 9.17) is 15.1 Å². The molecule has 2 aliphatic rings. The van der Waals surface area contributed by atoms with Crippen LogP contribution in [0.2, 0.25) is 0 Å². The molecule has 0 aromatic heterocycles. The minimum Gasteiger partial charge on any atom is -0.465 e. The van der Waals surface area contributed by atoms with Crippen LogP contribution in [0.5, 0.6) is 0 Å². The number of hydrogen-bond donors (Lipinski definition) is 2. The second kappa shape index (κ2) is 4.29. The topological polar surface area (TPSA) is 82.4 Å². The molecule has 1 spiro atoms. The van der Waals surface area contributed by atoms with Crippen LogP contribution >= 0.6 is 0 Å². The first kappa shape index (κ1) is 11.2. The fraction of sp³-hybridized carbons (Fsp3) is 0.800. The quantitative estimate of drug-likeness (QED) is 0.481. The van der Waals surface area contributed by atoms with Crippen molar-refractivity contribution in [2.75, 3.05) is 19.7 Å². The molecule has 2 N–H and O–H groups in total. The lowest BCUT2D eigenvalue weighted by Gasteiger charge is -2.43. The molecule has 90 valence electrons. The summed E-state index contributed by atoms with van der Waals surface area (Å²) >= 11 is 0. The van der Waals surface area contributed by atoms with E-state index in [0.29, 0.717) is 25.4 Å². The molecule has 2 aliphatic heterocycles. The fourth-order valence-electron chi connectivity index (χ4n) is 2.33. The summed E-state index contributed by atoms with van der Waals surface area (Å²) in [6.07, 6.45) is 2.17. The third-order valence-electron chi connectivity index (χ3n) is 3.50. The Bertz CT molecular complexity index is 296. The van der Waals surface area contributed by atoms with Crippen molar-refractivity contribution in [3.63, 3.8) is 0 Å². The fourth-order valence-corrected chi connectivity index (χ4v) is 2.33. The first-order valence-electron chi connectivity index (χ1n) is 5.47. The van der Waals surface area contributed by atoms with Gasteiger partial charge < -0.3 is 20.0 Å². The predicted molar refractivity (Wildman–Crippen MR) is 56.0 cm³/mol. The van der Waals surface area contributed by atoms with Gasteiger partial charge in [0.15, 0.2) is 0 Å². The number of nitrogens with zero attached hydrogens (tertiary/aromatic N) is 2. The van der Waals surface area contributed by atoms with Crippen LogP contribution < -0.4 is 0 Å². The van der Waals surface area contributed by atoms with E-state index in [-0.39, 0.29) is 5.60 Å².